The van der Waals surface area contributed by atoms with Crippen LogP contribution < -0.4 is 19.5 Å². The van der Waals surface area contributed by atoms with Gasteiger partial charge in [-0.05, 0) is 66.8 Å². The minimum Gasteiger partial charge on any atom is -0.497 e. The highest BCUT2D eigenvalue weighted by Gasteiger charge is 2.46. The van der Waals surface area contributed by atoms with Crippen LogP contribution in [-0.4, -0.2) is 62.7 Å². The number of urea groups is 1. The van der Waals surface area contributed by atoms with E-state index in [2.05, 4.69) is 10.1 Å². The Morgan fingerprint density at radius 1 is 0.973 bits per heavy atom. The first-order valence-electron chi connectivity index (χ1n) is 11.7. The van der Waals surface area contributed by atoms with E-state index in [0.717, 1.165) is 0 Å². The predicted octanol–water partition coefficient (Wildman–Crippen LogP) is 4.55. The molecule has 2 aliphatic heterocycles. The normalized spacial score (nSPS) is 18.9. The van der Waals surface area contributed by atoms with Gasteiger partial charge in [0, 0.05) is 6.04 Å². The topological polar surface area (TPSA) is 86.3 Å². The summed E-state index contributed by atoms with van der Waals surface area (Å²) < 4.78 is 57.3. The number of methoxy groups -OCH3 is 2. The summed E-state index contributed by atoms with van der Waals surface area (Å²) in [5.41, 5.74) is 1.58. The van der Waals surface area contributed by atoms with Crippen molar-refractivity contribution in [3.8, 4) is 17.2 Å². The van der Waals surface area contributed by atoms with Crippen molar-refractivity contribution in [1.82, 2.24) is 10.2 Å². The molecule has 4 rings (SSSR count). The molecule has 1 saturated heterocycles. The first kappa shape index (κ1) is 26.2. The highest BCUT2D eigenvalue weighted by Crippen LogP contribution is 2.43. The van der Waals surface area contributed by atoms with Crippen molar-refractivity contribution < 1.29 is 41.7 Å². The number of amides is 2. The van der Waals surface area contributed by atoms with E-state index in [1.807, 2.05) is 0 Å². The number of nitrogens with one attached hydrogen (secondary N) is 1. The Labute approximate surface area is 211 Å². The number of nitrogens with zero attached hydrogens (tertiary/aromatic N) is 1. The van der Waals surface area contributed by atoms with Crippen LogP contribution in [0.2, 0.25) is 0 Å². The molecular formula is C26H27F3N2O6. The third kappa shape index (κ3) is 6.10. The summed E-state index contributed by atoms with van der Waals surface area (Å²) in [7, 11) is 2.83. The molecule has 2 heterocycles. The molecule has 0 unspecified atom stereocenters. The number of esters is 1. The van der Waals surface area contributed by atoms with Crippen molar-refractivity contribution in [2.45, 2.75) is 37.7 Å². The molecule has 2 aromatic rings. The molecule has 37 heavy (non-hydrogen) atoms. The lowest BCUT2D eigenvalue weighted by atomic mass is 9.88. The van der Waals surface area contributed by atoms with Crippen molar-refractivity contribution in [1.29, 1.82) is 0 Å². The van der Waals surface area contributed by atoms with Gasteiger partial charge >= 0.3 is 18.4 Å². The Bertz CT molecular complexity index is 1150. The number of hydrogen-bond donors (Lipinski definition) is 1. The number of carbonyl (C=O) groups is 2. The summed E-state index contributed by atoms with van der Waals surface area (Å²) in [5, 5.41) is 2.85. The number of carbonyl (C=O) groups excluding carboxylic acids is 2. The minimum atomic E-state index is -4.80. The third-order valence-electron chi connectivity index (χ3n) is 6.38. The predicted molar refractivity (Wildman–Crippen MR) is 127 cm³/mol. The highest BCUT2D eigenvalue weighted by molar-refractivity contribution is 6.01. The molecule has 11 heteroatoms. The molecule has 198 valence electrons. The Morgan fingerprint density at radius 2 is 1.62 bits per heavy atom. The van der Waals surface area contributed by atoms with Gasteiger partial charge in [-0.3, -0.25) is 0 Å². The lowest BCUT2D eigenvalue weighted by molar-refractivity contribution is -0.274. The van der Waals surface area contributed by atoms with Gasteiger partial charge in [0.05, 0.1) is 32.4 Å². The SMILES string of the molecule is COC(=O)C1=C(c2ccc(OC(F)(F)F)cc2)C[C@@H]2CC[C@H]1N2C(=O)NCCOc1ccc(OC)cc1. The van der Waals surface area contributed by atoms with Crippen LogP contribution in [0, 0.1) is 0 Å². The van der Waals surface area contributed by atoms with E-state index in [9.17, 15) is 22.8 Å². The van der Waals surface area contributed by atoms with E-state index in [-0.39, 0.29) is 31.0 Å². The highest BCUT2D eigenvalue weighted by atomic mass is 19.4. The van der Waals surface area contributed by atoms with Gasteiger partial charge in [-0.2, -0.15) is 0 Å². The molecule has 0 aliphatic carbocycles. The third-order valence-corrected chi connectivity index (χ3v) is 6.38. The number of benzene rings is 2. The van der Waals surface area contributed by atoms with Gasteiger partial charge in [-0.1, -0.05) is 12.1 Å². The van der Waals surface area contributed by atoms with Gasteiger partial charge in [0.15, 0.2) is 0 Å². The zero-order valence-corrected chi connectivity index (χ0v) is 20.3. The van der Waals surface area contributed by atoms with Crippen LogP contribution >= 0.6 is 0 Å². The summed E-state index contributed by atoms with van der Waals surface area (Å²) >= 11 is 0. The van der Waals surface area contributed by atoms with Gasteiger partial charge in [-0.25, -0.2) is 9.59 Å². The summed E-state index contributed by atoms with van der Waals surface area (Å²) in [5.74, 6) is 0.422. The number of rotatable bonds is 8. The van der Waals surface area contributed by atoms with Crippen LogP contribution in [0.15, 0.2) is 54.1 Å². The van der Waals surface area contributed by atoms with E-state index in [1.54, 1.807) is 36.3 Å². The summed E-state index contributed by atoms with van der Waals surface area (Å²) in [6.07, 6.45) is -3.17. The first-order valence-corrected chi connectivity index (χ1v) is 11.7. The first-order chi connectivity index (χ1) is 17.7. The maximum atomic E-state index is 13.1. The summed E-state index contributed by atoms with van der Waals surface area (Å²) in [4.78, 5) is 27.5. The number of hydrogen-bond acceptors (Lipinski definition) is 6. The second-order valence-electron chi connectivity index (χ2n) is 8.57. The van der Waals surface area contributed by atoms with Crippen molar-refractivity contribution >= 4 is 17.6 Å². The minimum absolute atomic E-state index is 0.165. The molecule has 2 amide bonds. The fourth-order valence-corrected chi connectivity index (χ4v) is 4.81. The van der Waals surface area contributed by atoms with E-state index in [1.165, 1.54) is 31.4 Å². The largest absolute Gasteiger partial charge is 0.573 e. The van der Waals surface area contributed by atoms with Gasteiger partial charge in [-0.15, -0.1) is 13.2 Å². The Hall–Kier alpha value is -3.89. The van der Waals surface area contributed by atoms with E-state index < -0.39 is 18.4 Å². The van der Waals surface area contributed by atoms with Crippen LogP contribution in [0.1, 0.15) is 24.8 Å². The maximum absolute atomic E-state index is 13.1. The average molecular weight is 521 g/mol. The molecule has 2 aromatic carbocycles. The molecule has 0 spiro atoms. The average Bonchev–Trinajstić information content (AvgIpc) is 3.19. The molecule has 2 aliphatic rings. The van der Waals surface area contributed by atoms with Crippen molar-refractivity contribution in [3.05, 3.63) is 59.7 Å². The number of ether oxygens (including phenoxy) is 4. The molecule has 0 aromatic heterocycles. The van der Waals surface area contributed by atoms with Crippen LogP contribution in [0.4, 0.5) is 18.0 Å². The van der Waals surface area contributed by atoms with E-state index in [4.69, 9.17) is 14.2 Å². The second-order valence-corrected chi connectivity index (χ2v) is 8.57. The number of alkyl halides is 3. The van der Waals surface area contributed by atoms with Gasteiger partial charge in [0.1, 0.15) is 23.9 Å². The smallest absolute Gasteiger partial charge is 0.497 e. The van der Waals surface area contributed by atoms with E-state index >= 15 is 0 Å². The molecular weight excluding hydrogens is 493 g/mol. The van der Waals surface area contributed by atoms with Crippen molar-refractivity contribution in [2.75, 3.05) is 27.4 Å². The fraction of sp³-hybridized carbons (Fsp3) is 0.385. The van der Waals surface area contributed by atoms with Gasteiger partial charge in [0.25, 0.3) is 0 Å². The standard InChI is InChI=1S/C26H27F3N2O6/c1-34-18-8-10-19(11-9-18)36-14-13-30-25(33)31-17-5-12-22(31)23(24(32)35-2)21(15-17)16-3-6-20(7-4-16)37-26(27,28)29/h3-4,6-11,17,22H,5,12-15H2,1-2H3,(H,30,33)/t17-,22+/m0/s1. The summed E-state index contributed by atoms with van der Waals surface area (Å²) in [6, 6.07) is 11.4. The molecule has 0 radical (unpaired) electrons. The number of halogens is 3. The molecule has 8 nitrogen and oxygen atoms in total. The van der Waals surface area contributed by atoms with E-state index in [0.29, 0.717) is 47.5 Å². The van der Waals surface area contributed by atoms with Crippen LogP contribution in [0.3, 0.4) is 0 Å². The molecule has 0 saturated carbocycles. The van der Waals surface area contributed by atoms with Gasteiger partial charge < -0.3 is 29.2 Å². The Balaban J connectivity index is 1.45. The van der Waals surface area contributed by atoms with Crippen molar-refractivity contribution in [3.63, 3.8) is 0 Å². The van der Waals surface area contributed by atoms with Crippen LogP contribution in [0.5, 0.6) is 17.2 Å². The maximum Gasteiger partial charge on any atom is 0.573 e. The van der Waals surface area contributed by atoms with Gasteiger partial charge in [0.2, 0.25) is 0 Å². The molecule has 1 fully saturated rings. The van der Waals surface area contributed by atoms with Crippen LogP contribution in [0.25, 0.3) is 5.57 Å². The second kappa shape index (κ2) is 11.0. The molecule has 2 atom stereocenters. The quantitative estimate of drug-likeness (QED) is 0.406. The lowest BCUT2D eigenvalue weighted by Gasteiger charge is -2.37. The zero-order chi connectivity index (χ0) is 26.6. The Kier molecular flexibility index (Phi) is 7.80. The monoisotopic (exact) mass is 520 g/mol. The fourth-order valence-electron chi connectivity index (χ4n) is 4.81. The Morgan fingerprint density at radius 3 is 2.24 bits per heavy atom. The molecule has 2 bridgehead atoms. The summed E-state index contributed by atoms with van der Waals surface area (Å²) in [6.45, 7) is 0.504. The molecule has 1 N–H and O–H groups in total. The van der Waals surface area contributed by atoms with Crippen LogP contribution in [-0.2, 0) is 9.53 Å². The lowest BCUT2D eigenvalue weighted by Crippen LogP contribution is -2.51. The zero-order valence-electron chi connectivity index (χ0n) is 20.3. The van der Waals surface area contributed by atoms with Crippen molar-refractivity contribution in [2.24, 2.45) is 0 Å². The number of fused-ring (bicyclic) bond motifs is 2.